The van der Waals surface area contributed by atoms with Gasteiger partial charge in [0.1, 0.15) is 0 Å². The highest BCUT2D eigenvalue weighted by atomic mass is 32.1. The maximum atomic E-state index is 5.31. The molecule has 0 aliphatic heterocycles. The lowest BCUT2D eigenvalue weighted by Gasteiger charge is -2.29. The van der Waals surface area contributed by atoms with Crippen molar-refractivity contribution in [2.45, 2.75) is 52.5 Å². The van der Waals surface area contributed by atoms with Gasteiger partial charge in [0.25, 0.3) is 0 Å². The van der Waals surface area contributed by atoms with E-state index in [4.69, 9.17) is 12.2 Å². The van der Waals surface area contributed by atoms with Crippen LogP contribution in [0.1, 0.15) is 46.5 Å². The summed E-state index contributed by atoms with van der Waals surface area (Å²) in [6, 6.07) is 0.580. The smallest absolute Gasteiger partial charge is 0.168 e. The molecule has 2 nitrogen and oxygen atoms in total. The van der Waals surface area contributed by atoms with E-state index in [9.17, 15) is 0 Å². The van der Waals surface area contributed by atoms with E-state index >= 15 is 0 Å². The predicted octanol–water partition coefficient (Wildman–Crippen LogP) is 2.78. The molecular weight excluding hydrogens is 192 g/mol. The molecule has 0 atom stereocenters. The molecule has 0 aromatic carbocycles. The average molecular weight is 216 g/mol. The largest absolute Gasteiger partial charge is 0.363 e. The molecule has 0 aromatic rings. The molecule has 0 aliphatic rings. The van der Waals surface area contributed by atoms with Gasteiger partial charge >= 0.3 is 0 Å². The van der Waals surface area contributed by atoms with E-state index in [0.717, 1.165) is 24.5 Å². The van der Waals surface area contributed by atoms with Crippen molar-refractivity contribution in [1.29, 1.82) is 0 Å². The number of thiocarbonyl (C=S) groups is 1. The second-order valence-corrected chi connectivity index (χ2v) is 4.05. The lowest BCUT2D eigenvalue weighted by molar-refractivity contribution is 0.341. The van der Waals surface area contributed by atoms with Crippen LogP contribution in [0, 0.1) is 0 Å². The Morgan fingerprint density at radius 1 is 1.29 bits per heavy atom. The maximum absolute atomic E-state index is 5.31. The van der Waals surface area contributed by atoms with Gasteiger partial charge in [0.2, 0.25) is 0 Å². The third-order valence-electron chi connectivity index (χ3n) is 2.62. The summed E-state index contributed by atoms with van der Waals surface area (Å²) in [6.07, 6.45) is 4.71. The molecule has 1 N–H and O–H groups in total. The van der Waals surface area contributed by atoms with Crippen LogP contribution in [-0.2, 0) is 0 Å². The van der Waals surface area contributed by atoms with E-state index in [-0.39, 0.29) is 0 Å². The molecule has 0 unspecified atom stereocenters. The topological polar surface area (TPSA) is 15.3 Å². The van der Waals surface area contributed by atoms with Crippen molar-refractivity contribution in [2.75, 3.05) is 13.6 Å². The molecule has 0 radical (unpaired) electrons. The molecule has 0 saturated heterocycles. The van der Waals surface area contributed by atoms with Crippen molar-refractivity contribution in [3.05, 3.63) is 0 Å². The minimum atomic E-state index is 0.580. The highest BCUT2D eigenvalue weighted by molar-refractivity contribution is 7.80. The highest BCUT2D eigenvalue weighted by Gasteiger charge is 2.12. The maximum Gasteiger partial charge on any atom is 0.168 e. The lowest BCUT2D eigenvalue weighted by atomic mass is 10.1. The third kappa shape index (κ3) is 4.80. The summed E-state index contributed by atoms with van der Waals surface area (Å²) < 4.78 is 0. The molecule has 0 aromatic heterocycles. The first-order chi connectivity index (χ1) is 6.67. The SMILES string of the molecule is CCCCNC(=S)N(C)C(CC)CC. The molecular formula is C11H24N2S. The zero-order valence-electron chi connectivity index (χ0n) is 9.97. The Morgan fingerprint density at radius 2 is 1.86 bits per heavy atom. The van der Waals surface area contributed by atoms with Crippen LogP contribution in [0.15, 0.2) is 0 Å². The quantitative estimate of drug-likeness (QED) is 0.543. The first kappa shape index (κ1) is 13.7. The summed E-state index contributed by atoms with van der Waals surface area (Å²) in [4.78, 5) is 2.19. The Hall–Kier alpha value is -0.310. The summed E-state index contributed by atoms with van der Waals surface area (Å²) in [5.74, 6) is 0. The summed E-state index contributed by atoms with van der Waals surface area (Å²) in [5.41, 5.74) is 0. The molecule has 0 aliphatic carbocycles. The minimum Gasteiger partial charge on any atom is -0.363 e. The number of nitrogens with zero attached hydrogens (tertiary/aromatic N) is 1. The summed E-state index contributed by atoms with van der Waals surface area (Å²) >= 11 is 5.31. The van der Waals surface area contributed by atoms with Crippen LogP contribution in [0.2, 0.25) is 0 Å². The number of nitrogens with one attached hydrogen (secondary N) is 1. The molecule has 0 saturated carbocycles. The normalized spacial score (nSPS) is 10.4. The van der Waals surface area contributed by atoms with E-state index in [2.05, 4.69) is 38.0 Å². The zero-order valence-corrected chi connectivity index (χ0v) is 10.8. The lowest BCUT2D eigenvalue weighted by Crippen LogP contribution is -2.43. The van der Waals surface area contributed by atoms with Crippen molar-refractivity contribution < 1.29 is 0 Å². The van der Waals surface area contributed by atoms with Crippen LogP contribution in [0.3, 0.4) is 0 Å². The van der Waals surface area contributed by atoms with Gasteiger partial charge in [-0.25, -0.2) is 0 Å². The van der Waals surface area contributed by atoms with Crippen LogP contribution in [0.25, 0.3) is 0 Å². The molecule has 3 heteroatoms. The Labute approximate surface area is 94.1 Å². The standard InChI is InChI=1S/C11H24N2S/c1-5-8-9-12-11(14)13(4)10(6-2)7-3/h10H,5-9H2,1-4H3,(H,12,14). The fourth-order valence-corrected chi connectivity index (χ4v) is 1.75. The van der Waals surface area contributed by atoms with E-state index in [1.54, 1.807) is 0 Å². The van der Waals surface area contributed by atoms with Gasteiger partial charge in [-0.05, 0) is 31.5 Å². The zero-order chi connectivity index (χ0) is 11.0. The molecule has 0 bridgehead atoms. The Kier molecular flexibility index (Phi) is 7.86. The van der Waals surface area contributed by atoms with Gasteiger partial charge < -0.3 is 10.2 Å². The molecule has 0 amide bonds. The summed E-state index contributed by atoms with van der Waals surface area (Å²) in [6.45, 7) is 7.60. The van der Waals surface area contributed by atoms with E-state index in [0.29, 0.717) is 6.04 Å². The second kappa shape index (κ2) is 8.04. The number of hydrogen-bond acceptors (Lipinski definition) is 1. The Bertz CT molecular complexity index is 155. The van der Waals surface area contributed by atoms with E-state index < -0.39 is 0 Å². The monoisotopic (exact) mass is 216 g/mol. The minimum absolute atomic E-state index is 0.580. The molecule has 0 heterocycles. The fraction of sp³-hybridized carbons (Fsp3) is 0.909. The first-order valence-corrected chi connectivity index (χ1v) is 6.08. The van der Waals surface area contributed by atoms with Crippen LogP contribution in [-0.4, -0.2) is 29.6 Å². The van der Waals surface area contributed by atoms with Crippen molar-refractivity contribution in [1.82, 2.24) is 10.2 Å². The van der Waals surface area contributed by atoms with Gasteiger partial charge in [0.15, 0.2) is 5.11 Å². The predicted molar refractivity (Wildman–Crippen MR) is 67.6 cm³/mol. The summed E-state index contributed by atoms with van der Waals surface area (Å²) in [7, 11) is 2.08. The Balaban J connectivity index is 3.84. The number of hydrogen-bond donors (Lipinski definition) is 1. The van der Waals surface area contributed by atoms with Gasteiger partial charge in [0, 0.05) is 19.6 Å². The third-order valence-corrected chi connectivity index (χ3v) is 3.05. The number of rotatable bonds is 6. The molecule has 14 heavy (non-hydrogen) atoms. The van der Waals surface area contributed by atoms with Crippen LogP contribution in [0.4, 0.5) is 0 Å². The van der Waals surface area contributed by atoms with Gasteiger partial charge in [-0.1, -0.05) is 27.2 Å². The molecule has 0 fully saturated rings. The molecule has 84 valence electrons. The Morgan fingerprint density at radius 3 is 2.29 bits per heavy atom. The van der Waals surface area contributed by atoms with Gasteiger partial charge in [-0.15, -0.1) is 0 Å². The summed E-state index contributed by atoms with van der Waals surface area (Å²) in [5, 5.41) is 4.19. The van der Waals surface area contributed by atoms with Crippen molar-refractivity contribution in [3.63, 3.8) is 0 Å². The fourth-order valence-electron chi connectivity index (χ4n) is 1.50. The van der Waals surface area contributed by atoms with Crippen molar-refractivity contribution >= 4 is 17.3 Å². The highest BCUT2D eigenvalue weighted by Crippen LogP contribution is 2.05. The van der Waals surface area contributed by atoms with Crippen molar-refractivity contribution in [3.8, 4) is 0 Å². The first-order valence-electron chi connectivity index (χ1n) is 5.67. The van der Waals surface area contributed by atoms with Gasteiger partial charge in [-0.3, -0.25) is 0 Å². The molecule has 0 rings (SSSR count). The average Bonchev–Trinajstić information content (AvgIpc) is 2.19. The van der Waals surface area contributed by atoms with Gasteiger partial charge in [-0.2, -0.15) is 0 Å². The molecule has 0 spiro atoms. The van der Waals surface area contributed by atoms with Crippen LogP contribution in [0.5, 0.6) is 0 Å². The van der Waals surface area contributed by atoms with Crippen LogP contribution >= 0.6 is 12.2 Å². The van der Waals surface area contributed by atoms with E-state index in [1.807, 2.05) is 0 Å². The van der Waals surface area contributed by atoms with E-state index in [1.165, 1.54) is 12.8 Å². The second-order valence-electron chi connectivity index (χ2n) is 3.67. The van der Waals surface area contributed by atoms with Crippen molar-refractivity contribution in [2.24, 2.45) is 0 Å². The van der Waals surface area contributed by atoms with Crippen LogP contribution < -0.4 is 5.32 Å². The van der Waals surface area contributed by atoms with Gasteiger partial charge in [0.05, 0.1) is 0 Å². The number of unbranched alkanes of at least 4 members (excludes halogenated alkanes) is 1.